The Morgan fingerprint density at radius 3 is 1.81 bits per heavy atom. The van der Waals surface area contributed by atoms with Crippen LogP contribution in [0.2, 0.25) is 0 Å². The molecule has 0 spiro atoms. The molecule has 0 unspecified atom stereocenters. The first-order valence-electron chi connectivity index (χ1n) is 19.5. The van der Waals surface area contributed by atoms with Crippen LogP contribution in [0.1, 0.15) is 11.3 Å². The Balaban J connectivity index is 1.05. The summed E-state index contributed by atoms with van der Waals surface area (Å²) in [5.41, 5.74) is 15.7. The van der Waals surface area contributed by atoms with Crippen LogP contribution < -0.4 is 10.2 Å². The molecule has 0 saturated carbocycles. The van der Waals surface area contributed by atoms with Gasteiger partial charge in [0.2, 0.25) is 0 Å². The molecule has 8 aromatic carbocycles. The molecular formula is C53H37N3O. The number of fused-ring (bicyclic) bond motifs is 6. The lowest BCUT2D eigenvalue weighted by Crippen LogP contribution is -2.11. The molecule has 0 atom stereocenters. The third kappa shape index (κ3) is 5.61. The summed E-state index contributed by atoms with van der Waals surface area (Å²) in [7, 11) is 0. The van der Waals surface area contributed by atoms with Crippen molar-refractivity contribution in [2.45, 2.75) is 6.54 Å². The fourth-order valence-corrected chi connectivity index (χ4v) is 8.58. The van der Waals surface area contributed by atoms with Gasteiger partial charge >= 0.3 is 0 Å². The quantitative estimate of drug-likeness (QED) is 0.177. The predicted octanol–water partition coefficient (Wildman–Crippen LogP) is 14.1. The first kappa shape index (κ1) is 32.8. The Morgan fingerprint density at radius 2 is 1.07 bits per heavy atom. The normalized spacial score (nSPS) is 12.2. The molecule has 1 aliphatic rings. The molecule has 3 heterocycles. The van der Waals surface area contributed by atoms with E-state index in [-0.39, 0.29) is 0 Å². The molecule has 1 aliphatic heterocycles. The second kappa shape index (κ2) is 13.6. The van der Waals surface area contributed by atoms with E-state index in [2.05, 4.69) is 209 Å². The van der Waals surface area contributed by atoms with Crippen molar-refractivity contribution < 1.29 is 4.42 Å². The maximum absolute atomic E-state index is 6.45. The number of hydrogen-bond acceptors (Lipinski definition) is 3. The van der Waals surface area contributed by atoms with E-state index >= 15 is 0 Å². The lowest BCUT2D eigenvalue weighted by atomic mass is 9.96. The van der Waals surface area contributed by atoms with Crippen LogP contribution in [-0.4, -0.2) is 4.57 Å². The fourth-order valence-electron chi connectivity index (χ4n) is 8.58. The van der Waals surface area contributed by atoms with E-state index in [1.807, 2.05) is 12.3 Å². The zero-order valence-corrected chi connectivity index (χ0v) is 31.1. The molecule has 11 rings (SSSR count). The van der Waals surface area contributed by atoms with E-state index in [0.717, 1.165) is 73.8 Å². The number of aromatic nitrogens is 1. The number of hydrogen-bond donors (Lipinski definition) is 1. The van der Waals surface area contributed by atoms with Gasteiger partial charge < -0.3 is 19.2 Å². The average molecular weight is 732 g/mol. The van der Waals surface area contributed by atoms with Crippen LogP contribution in [0.5, 0.6) is 0 Å². The molecule has 2 aromatic heterocycles. The topological polar surface area (TPSA) is 33.3 Å². The summed E-state index contributed by atoms with van der Waals surface area (Å²) in [5.74, 6) is 0.928. The smallest absolute Gasteiger partial charge is 0.142 e. The minimum atomic E-state index is 0.764. The largest absolute Gasteiger partial charge is 0.456 e. The minimum absolute atomic E-state index is 0.764. The van der Waals surface area contributed by atoms with Gasteiger partial charge in [-0.1, -0.05) is 140 Å². The van der Waals surface area contributed by atoms with Crippen molar-refractivity contribution in [1.29, 1.82) is 0 Å². The summed E-state index contributed by atoms with van der Waals surface area (Å²) in [6, 6.07) is 69.9. The van der Waals surface area contributed by atoms with Crippen LogP contribution in [-0.2, 0) is 6.54 Å². The molecule has 10 aromatic rings. The van der Waals surface area contributed by atoms with Gasteiger partial charge in [0.1, 0.15) is 11.3 Å². The van der Waals surface area contributed by atoms with Crippen LogP contribution in [0.15, 0.2) is 205 Å². The van der Waals surface area contributed by atoms with Crippen LogP contribution in [0.25, 0.3) is 77.9 Å². The van der Waals surface area contributed by atoms with Crippen molar-refractivity contribution in [3.63, 3.8) is 0 Å². The highest BCUT2D eigenvalue weighted by atomic mass is 16.3. The molecule has 270 valence electrons. The molecule has 0 fully saturated rings. The van der Waals surface area contributed by atoms with E-state index in [1.165, 1.54) is 32.9 Å². The van der Waals surface area contributed by atoms with E-state index in [1.54, 1.807) is 0 Å². The number of nitrogens with zero attached hydrogens (tertiary/aromatic N) is 2. The number of anilines is 3. The van der Waals surface area contributed by atoms with Gasteiger partial charge in [0.05, 0.1) is 16.7 Å². The Morgan fingerprint density at radius 1 is 0.474 bits per heavy atom. The van der Waals surface area contributed by atoms with Crippen LogP contribution in [0, 0.1) is 0 Å². The second-order valence-corrected chi connectivity index (χ2v) is 14.6. The first-order chi connectivity index (χ1) is 28.3. The summed E-state index contributed by atoms with van der Waals surface area (Å²) < 4.78 is 8.82. The van der Waals surface area contributed by atoms with Crippen molar-refractivity contribution in [3.05, 3.63) is 212 Å². The van der Waals surface area contributed by atoms with Crippen LogP contribution in [0.3, 0.4) is 0 Å². The van der Waals surface area contributed by atoms with Crippen molar-refractivity contribution in [3.8, 4) is 39.1 Å². The van der Waals surface area contributed by atoms with E-state index in [0.29, 0.717) is 0 Å². The zero-order valence-electron chi connectivity index (χ0n) is 31.1. The summed E-state index contributed by atoms with van der Waals surface area (Å²) in [4.78, 5) is 2.38. The van der Waals surface area contributed by atoms with Gasteiger partial charge in [0.15, 0.2) is 0 Å². The van der Waals surface area contributed by atoms with Crippen LogP contribution in [0.4, 0.5) is 17.1 Å². The van der Waals surface area contributed by atoms with Gasteiger partial charge in [-0.2, -0.15) is 0 Å². The molecule has 57 heavy (non-hydrogen) atoms. The van der Waals surface area contributed by atoms with Gasteiger partial charge in [0.25, 0.3) is 0 Å². The van der Waals surface area contributed by atoms with E-state index in [9.17, 15) is 0 Å². The van der Waals surface area contributed by atoms with Crippen molar-refractivity contribution in [2.75, 3.05) is 4.90 Å². The van der Waals surface area contributed by atoms with E-state index < -0.39 is 0 Å². The van der Waals surface area contributed by atoms with Gasteiger partial charge in [-0.25, -0.2) is 0 Å². The maximum Gasteiger partial charge on any atom is 0.142 e. The zero-order chi connectivity index (χ0) is 37.7. The average Bonchev–Trinajstić information content (AvgIpc) is 3.84. The van der Waals surface area contributed by atoms with Gasteiger partial charge in [-0.05, 0) is 82.9 Å². The monoisotopic (exact) mass is 731 g/mol. The Bertz CT molecular complexity index is 3050. The van der Waals surface area contributed by atoms with Gasteiger partial charge in [-0.15, -0.1) is 0 Å². The van der Waals surface area contributed by atoms with Gasteiger partial charge in [0, 0.05) is 62.7 Å². The lowest BCUT2D eigenvalue weighted by Gasteiger charge is -2.29. The molecule has 0 bridgehead atoms. The van der Waals surface area contributed by atoms with Crippen molar-refractivity contribution in [2.24, 2.45) is 0 Å². The summed E-state index contributed by atoms with van der Waals surface area (Å²) in [5, 5.41) is 7.01. The number of nitrogens with one attached hydrogen (secondary N) is 1. The Hall–Kier alpha value is -7.56. The number of benzene rings is 8. The number of furan rings is 1. The molecular weight excluding hydrogens is 695 g/mol. The molecule has 4 heteroatoms. The SMILES string of the molecule is C1=Cc2oc3c(-c4ccc(N(c5ccccc5)c5cc(-c6ccccc6)ccc5-c5ccc(-n6c7ccccc7c7ccccc76)cc5)cc4)cccc3c2CN1. The lowest BCUT2D eigenvalue weighted by molar-refractivity contribution is 0.593. The fraction of sp³-hybridized carbons (Fsp3) is 0.0189. The molecule has 4 nitrogen and oxygen atoms in total. The summed E-state index contributed by atoms with van der Waals surface area (Å²) in [6.45, 7) is 0.764. The third-order valence-corrected chi connectivity index (χ3v) is 11.3. The maximum atomic E-state index is 6.45. The van der Waals surface area contributed by atoms with Gasteiger partial charge in [-0.3, -0.25) is 0 Å². The number of para-hydroxylation sites is 4. The molecule has 1 N–H and O–H groups in total. The molecule has 0 radical (unpaired) electrons. The van der Waals surface area contributed by atoms with Crippen molar-refractivity contribution >= 4 is 55.9 Å². The first-order valence-corrected chi connectivity index (χ1v) is 19.5. The number of rotatable bonds is 7. The predicted molar refractivity (Wildman–Crippen MR) is 237 cm³/mol. The second-order valence-electron chi connectivity index (χ2n) is 14.6. The molecule has 0 saturated heterocycles. The Labute approximate surface area is 331 Å². The Kier molecular flexibility index (Phi) is 7.85. The highest BCUT2D eigenvalue weighted by Gasteiger charge is 2.21. The highest BCUT2D eigenvalue weighted by molar-refractivity contribution is 6.09. The van der Waals surface area contributed by atoms with E-state index in [4.69, 9.17) is 4.42 Å². The summed E-state index contributed by atoms with van der Waals surface area (Å²) >= 11 is 0. The molecule has 0 amide bonds. The van der Waals surface area contributed by atoms with Crippen molar-refractivity contribution in [1.82, 2.24) is 9.88 Å². The highest BCUT2D eigenvalue weighted by Crippen LogP contribution is 2.44. The summed E-state index contributed by atoms with van der Waals surface area (Å²) in [6.07, 6.45) is 3.97. The molecule has 0 aliphatic carbocycles. The standard InChI is InChI=1S/C53H37N3O/c1-3-12-36(13-4-1)39-26-31-43(37-22-29-42(30-23-37)56-49-20-9-7-16-45(49)46-17-8-10-21-50(46)56)51(34-39)55(40-14-5-2-6-15-40)41-27-24-38(25-28-41)44-18-11-19-47-48-35-54-33-32-52(48)57-53(44)47/h1-34,54H,35H2. The van der Waals surface area contributed by atoms with Crippen LogP contribution >= 0.6 is 0 Å². The third-order valence-electron chi connectivity index (χ3n) is 11.3. The minimum Gasteiger partial charge on any atom is -0.456 e.